The quantitative estimate of drug-likeness (QED) is 0.807. The molecule has 0 radical (unpaired) electrons. The highest BCUT2D eigenvalue weighted by Crippen LogP contribution is 2.46. The number of benzene rings is 1. The Kier molecular flexibility index (Phi) is 4.04. The van der Waals surface area contributed by atoms with Crippen molar-refractivity contribution in [3.63, 3.8) is 0 Å². The molecule has 4 heteroatoms. The topological polar surface area (TPSA) is 29.3 Å². The van der Waals surface area contributed by atoms with Gasteiger partial charge in [-0.2, -0.15) is 0 Å². The van der Waals surface area contributed by atoms with Crippen LogP contribution >= 0.6 is 28.1 Å². The van der Waals surface area contributed by atoms with Crippen LogP contribution in [0.2, 0.25) is 0 Å². The molecule has 0 aromatic heterocycles. The van der Waals surface area contributed by atoms with Crippen molar-refractivity contribution in [1.82, 2.24) is 0 Å². The Bertz CT molecular complexity index is 513. The van der Waals surface area contributed by atoms with Crippen molar-refractivity contribution in [2.45, 2.75) is 38.5 Å². The second-order valence-corrected chi connectivity index (χ2v) is 7.52. The first-order valence-electron chi connectivity index (χ1n) is 7.44. The molecule has 1 heterocycles. The van der Waals surface area contributed by atoms with Gasteiger partial charge in [0.05, 0.1) is 0 Å². The van der Waals surface area contributed by atoms with E-state index in [-0.39, 0.29) is 0 Å². The van der Waals surface area contributed by atoms with Gasteiger partial charge >= 0.3 is 0 Å². The van der Waals surface area contributed by atoms with Crippen molar-refractivity contribution in [1.29, 1.82) is 0 Å². The molecule has 3 rings (SSSR count). The average molecular weight is 353 g/mol. The fourth-order valence-corrected chi connectivity index (χ4v) is 4.65. The first kappa shape index (κ1) is 14.3. The monoisotopic (exact) mass is 352 g/mol. The number of halogens is 1. The number of thiocarbonyl (C=S) groups is 1. The van der Waals surface area contributed by atoms with Crippen LogP contribution in [0.25, 0.3) is 0 Å². The molecule has 2 fully saturated rings. The number of nitrogens with two attached hydrogens (primary N) is 1. The van der Waals surface area contributed by atoms with Crippen molar-refractivity contribution >= 4 is 38.8 Å². The summed E-state index contributed by atoms with van der Waals surface area (Å²) in [5, 5.41) is 0. The summed E-state index contributed by atoms with van der Waals surface area (Å²) >= 11 is 8.63. The van der Waals surface area contributed by atoms with E-state index in [1.165, 1.54) is 57.3 Å². The molecule has 0 bridgehead atoms. The van der Waals surface area contributed by atoms with Gasteiger partial charge in [0.2, 0.25) is 0 Å². The minimum absolute atomic E-state index is 0.451. The summed E-state index contributed by atoms with van der Waals surface area (Å²) in [6.45, 7) is 2.36. The lowest BCUT2D eigenvalue weighted by molar-refractivity contribution is 0.226. The van der Waals surface area contributed by atoms with E-state index in [4.69, 9.17) is 18.0 Å². The van der Waals surface area contributed by atoms with Crippen LogP contribution < -0.4 is 10.6 Å². The van der Waals surface area contributed by atoms with Gasteiger partial charge in [-0.25, -0.2) is 0 Å². The fourth-order valence-electron chi connectivity index (χ4n) is 3.76. The lowest BCUT2D eigenvalue weighted by Gasteiger charge is -2.40. The highest BCUT2D eigenvalue weighted by atomic mass is 79.9. The Morgan fingerprint density at radius 3 is 2.35 bits per heavy atom. The van der Waals surface area contributed by atoms with E-state index in [9.17, 15) is 0 Å². The van der Waals surface area contributed by atoms with E-state index in [1.54, 1.807) is 0 Å². The van der Waals surface area contributed by atoms with Gasteiger partial charge in [-0.05, 0) is 65.2 Å². The third-order valence-electron chi connectivity index (χ3n) is 5.07. The van der Waals surface area contributed by atoms with Crippen molar-refractivity contribution in [2.24, 2.45) is 11.1 Å². The predicted molar refractivity (Wildman–Crippen MR) is 92.4 cm³/mol. The fraction of sp³-hybridized carbons (Fsp3) is 0.562. The molecule has 108 valence electrons. The zero-order valence-corrected chi connectivity index (χ0v) is 14.1. The SMILES string of the molecule is NC(=S)c1ccc(N2CCC3(CCCC3)CC2)cc1Br. The standard InChI is InChI=1S/C16H21BrN2S/c17-14-11-12(3-4-13(14)15(18)20)19-9-7-16(8-10-19)5-1-2-6-16/h3-4,11H,1-2,5-10H2,(H2,18,20). The first-order chi connectivity index (χ1) is 9.60. The molecular formula is C16H21BrN2S. The minimum atomic E-state index is 0.451. The molecule has 1 aromatic rings. The molecule has 1 aromatic carbocycles. The van der Waals surface area contributed by atoms with Crippen molar-refractivity contribution in [3.8, 4) is 0 Å². The van der Waals surface area contributed by atoms with Crippen molar-refractivity contribution in [3.05, 3.63) is 28.2 Å². The highest BCUT2D eigenvalue weighted by Gasteiger charge is 2.36. The number of piperidine rings is 1. The molecule has 1 aliphatic carbocycles. The lowest BCUT2D eigenvalue weighted by Crippen LogP contribution is -2.38. The van der Waals surface area contributed by atoms with E-state index in [1.807, 2.05) is 6.07 Å². The molecule has 2 nitrogen and oxygen atoms in total. The predicted octanol–water partition coefficient (Wildman–Crippen LogP) is 4.24. The second-order valence-electron chi connectivity index (χ2n) is 6.22. The molecule has 1 saturated heterocycles. The maximum Gasteiger partial charge on any atom is 0.105 e. The number of rotatable bonds is 2. The summed E-state index contributed by atoms with van der Waals surface area (Å²) in [5.41, 5.74) is 8.59. The Labute approximate surface area is 134 Å². The molecule has 1 spiro atoms. The number of nitrogens with zero attached hydrogens (tertiary/aromatic N) is 1. The Morgan fingerprint density at radius 1 is 1.15 bits per heavy atom. The van der Waals surface area contributed by atoms with Gasteiger partial charge in [0.1, 0.15) is 4.99 Å². The largest absolute Gasteiger partial charge is 0.389 e. The van der Waals surface area contributed by atoms with Gasteiger partial charge in [-0.1, -0.05) is 25.1 Å². The Morgan fingerprint density at radius 2 is 1.80 bits per heavy atom. The molecular weight excluding hydrogens is 332 g/mol. The molecule has 2 aliphatic rings. The summed E-state index contributed by atoms with van der Waals surface area (Å²) in [6, 6.07) is 6.33. The summed E-state index contributed by atoms with van der Waals surface area (Å²) in [7, 11) is 0. The zero-order valence-electron chi connectivity index (χ0n) is 11.7. The van der Waals surface area contributed by atoms with Crippen LogP contribution in [0.4, 0.5) is 5.69 Å². The highest BCUT2D eigenvalue weighted by molar-refractivity contribution is 9.10. The Hall–Kier alpha value is -0.610. The van der Waals surface area contributed by atoms with Gasteiger partial charge in [0, 0.05) is 28.8 Å². The van der Waals surface area contributed by atoms with Crippen LogP contribution in [-0.2, 0) is 0 Å². The number of hydrogen-bond donors (Lipinski definition) is 1. The molecule has 0 amide bonds. The van der Waals surface area contributed by atoms with Gasteiger partial charge in [-0.15, -0.1) is 0 Å². The van der Waals surface area contributed by atoms with E-state index in [0.29, 0.717) is 10.4 Å². The molecule has 2 N–H and O–H groups in total. The summed E-state index contributed by atoms with van der Waals surface area (Å²) in [4.78, 5) is 2.95. The molecule has 20 heavy (non-hydrogen) atoms. The minimum Gasteiger partial charge on any atom is -0.389 e. The zero-order chi connectivity index (χ0) is 14.2. The third-order valence-corrected chi connectivity index (χ3v) is 5.95. The lowest BCUT2D eigenvalue weighted by atomic mass is 9.77. The van der Waals surface area contributed by atoms with Gasteiger partial charge in [0.15, 0.2) is 0 Å². The van der Waals surface area contributed by atoms with Crippen LogP contribution in [-0.4, -0.2) is 18.1 Å². The maximum absolute atomic E-state index is 5.71. The first-order valence-corrected chi connectivity index (χ1v) is 8.64. The van der Waals surface area contributed by atoms with Crippen molar-refractivity contribution in [2.75, 3.05) is 18.0 Å². The van der Waals surface area contributed by atoms with Gasteiger partial charge in [0.25, 0.3) is 0 Å². The Balaban J connectivity index is 1.72. The van der Waals surface area contributed by atoms with E-state index in [0.717, 1.165) is 10.0 Å². The van der Waals surface area contributed by atoms with Gasteiger partial charge < -0.3 is 10.6 Å². The van der Waals surface area contributed by atoms with Gasteiger partial charge in [-0.3, -0.25) is 0 Å². The number of hydrogen-bond acceptors (Lipinski definition) is 2. The summed E-state index contributed by atoms with van der Waals surface area (Å²) in [5.74, 6) is 0. The third kappa shape index (κ3) is 2.73. The second kappa shape index (κ2) is 5.64. The van der Waals surface area contributed by atoms with E-state index >= 15 is 0 Å². The molecule has 1 saturated carbocycles. The van der Waals surface area contributed by atoms with Crippen LogP contribution in [0, 0.1) is 5.41 Å². The molecule has 1 aliphatic heterocycles. The molecule has 0 unspecified atom stereocenters. The van der Waals surface area contributed by atoms with Crippen LogP contribution in [0.15, 0.2) is 22.7 Å². The maximum atomic E-state index is 5.71. The molecule has 0 atom stereocenters. The van der Waals surface area contributed by atoms with Crippen LogP contribution in [0.1, 0.15) is 44.1 Å². The average Bonchev–Trinajstić information content (AvgIpc) is 2.87. The van der Waals surface area contributed by atoms with E-state index in [2.05, 4.69) is 33.0 Å². The summed E-state index contributed by atoms with van der Waals surface area (Å²) in [6.07, 6.45) is 8.47. The summed E-state index contributed by atoms with van der Waals surface area (Å²) < 4.78 is 1.00. The van der Waals surface area contributed by atoms with Crippen LogP contribution in [0.5, 0.6) is 0 Å². The van der Waals surface area contributed by atoms with Crippen LogP contribution in [0.3, 0.4) is 0 Å². The smallest absolute Gasteiger partial charge is 0.105 e. The number of anilines is 1. The van der Waals surface area contributed by atoms with E-state index < -0.39 is 0 Å². The normalized spacial score (nSPS) is 21.4. The van der Waals surface area contributed by atoms with Crippen molar-refractivity contribution < 1.29 is 0 Å².